The van der Waals surface area contributed by atoms with Crippen LogP contribution in [0.25, 0.3) is 10.9 Å². The number of hydrogen-bond donors (Lipinski definition) is 0. The van der Waals surface area contributed by atoms with E-state index in [2.05, 4.69) is 71.6 Å². The first-order chi connectivity index (χ1) is 16.0. The fraction of sp³-hybridized carbons (Fsp3) is 0.286. The van der Waals surface area contributed by atoms with Gasteiger partial charge < -0.3 is 14.4 Å². The Morgan fingerprint density at radius 1 is 0.909 bits per heavy atom. The molecule has 0 radical (unpaired) electrons. The fourth-order valence-electron chi connectivity index (χ4n) is 4.84. The number of nitrogens with zero attached hydrogens (tertiary/aromatic N) is 4. The topological polar surface area (TPSA) is 41.4 Å². The van der Waals surface area contributed by atoms with Gasteiger partial charge >= 0.3 is 0 Å². The number of pyridine rings is 1. The molecule has 0 bridgehead atoms. The summed E-state index contributed by atoms with van der Waals surface area (Å²) in [6.45, 7) is 10.3. The van der Waals surface area contributed by atoms with Gasteiger partial charge in [0.15, 0.2) is 0 Å². The number of benzene rings is 2. The molecule has 1 aliphatic rings. The van der Waals surface area contributed by atoms with Crippen molar-refractivity contribution in [3.05, 3.63) is 94.8 Å². The molecule has 1 aliphatic heterocycles. The number of aromatic nitrogens is 2. The van der Waals surface area contributed by atoms with Crippen molar-refractivity contribution in [3.63, 3.8) is 0 Å². The summed E-state index contributed by atoms with van der Waals surface area (Å²) in [6, 6.07) is 20.8. The Bertz CT molecular complexity index is 1300. The molecule has 0 aliphatic carbocycles. The number of rotatable bonds is 4. The van der Waals surface area contributed by atoms with Gasteiger partial charge in [0.1, 0.15) is 5.82 Å². The number of carbonyl (C=O) groups is 1. The van der Waals surface area contributed by atoms with Gasteiger partial charge in [-0.2, -0.15) is 0 Å². The number of anilines is 1. The van der Waals surface area contributed by atoms with Gasteiger partial charge in [0.2, 0.25) is 0 Å². The lowest BCUT2D eigenvalue weighted by Crippen LogP contribution is -2.49. The maximum atomic E-state index is 13.3. The average molecular weight is 439 g/mol. The molecule has 1 amide bonds. The van der Waals surface area contributed by atoms with Gasteiger partial charge in [-0.15, -0.1) is 0 Å². The van der Waals surface area contributed by atoms with Gasteiger partial charge in [0.05, 0.1) is 0 Å². The minimum absolute atomic E-state index is 0.112. The summed E-state index contributed by atoms with van der Waals surface area (Å²) in [5.41, 5.74) is 7.01. The second kappa shape index (κ2) is 8.74. The maximum absolute atomic E-state index is 13.3. The molecule has 5 heteroatoms. The second-order valence-electron chi connectivity index (χ2n) is 8.98. The standard InChI is InChI=1S/C28H30N4O/c1-20-7-6-8-23(17-20)19-32-22(3)21(2)25-18-24(10-11-26(25)32)28(33)31-15-13-30(14-16-31)27-9-4-5-12-29-27/h4-12,17-18H,13-16,19H2,1-3H3. The molecular formula is C28H30N4O. The number of hydrogen-bond acceptors (Lipinski definition) is 3. The molecule has 0 saturated carbocycles. The minimum Gasteiger partial charge on any atom is -0.353 e. The van der Waals surface area contributed by atoms with Crippen molar-refractivity contribution in [2.24, 2.45) is 0 Å². The first-order valence-electron chi connectivity index (χ1n) is 11.6. The van der Waals surface area contributed by atoms with Crippen molar-refractivity contribution < 1.29 is 4.79 Å². The van der Waals surface area contributed by atoms with Gasteiger partial charge in [-0.25, -0.2) is 4.98 Å². The van der Waals surface area contributed by atoms with E-state index in [1.165, 1.54) is 27.9 Å². The third-order valence-electron chi connectivity index (χ3n) is 6.85. The molecule has 5 nitrogen and oxygen atoms in total. The highest BCUT2D eigenvalue weighted by molar-refractivity contribution is 5.99. The Labute approximate surface area is 195 Å². The van der Waals surface area contributed by atoms with Crippen LogP contribution in [0.5, 0.6) is 0 Å². The Morgan fingerprint density at radius 3 is 2.45 bits per heavy atom. The number of piperazine rings is 1. The Hall–Kier alpha value is -3.60. The average Bonchev–Trinajstić information content (AvgIpc) is 3.08. The Morgan fingerprint density at radius 2 is 1.73 bits per heavy atom. The van der Waals surface area contributed by atoms with Crippen molar-refractivity contribution in [2.75, 3.05) is 31.1 Å². The number of amides is 1. The van der Waals surface area contributed by atoms with Crippen molar-refractivity contribution in [1.29, 1.82) is 0 Å². The van der Waals surface area contributed by atoms with E-state index in [-0.39, 0.29) is 5.91 Å². The van der Waals surface area contributed by atoms with Crippen molar-refractivity contribution in [1.82, 2.24) is 14.5 Å². The second-order valence-corrected chi connectivity index (χ2v) is 8.98. The predicted octanol–water partition coefficient (Wildman–Crippen LogP) is 4.97. The Balaban J connectivity index is 1.36. The molecular weight excluding hydrogens is 408 g/mol. The molecule has 168 valence electrons. The van der Waals surface area contributed by atoms with E-state index in [1.807, 2.05) is 35.4 Å². The molecule has 0 spiro atoms. The summed E-state index contributed by atoms with van der Waals surface area (Å²) < 4.78 is 2.36. The van der Waals surface area contributed by atoms with Crippen LogP contribution in [0.3, 0.4) is 0 Å². The zero-order valence-electron chi connectivity index (χ0n) is 19.6. The van der Waals surface area contributed by atoms with E-state index >= 15 is 0 Å². The number of carbonyl (C=O) groups excluding carboxylic acids is 1. The quantitative estimate of drug-likeness (QED) is 0.452. The summed E-state index contributed by atoms with van der Waals surface area (Å²) in [6.07, 6.45) is 1.82. The number of fused-ring (bicyclic) bond motifs is 1. The zero-order chi connectivity index (χ0) is 22.9. The van der Waals surface area contributed by atoms with E-state index in [4.69, 9.17) is 0 Å². The van der Waals surface area contributed by atoms with Crippen molar-refractivity contribution in [2.45, 2.75) is 27.3 Å². The third kappa shape index (κ3) is 4.11. The van der Waals surface area contributed by atoms with Gasteiger partial charge in [0.25, 0.3) is 5.91 Å². The van der Waals surface area contributed by atoms with Crippen LogP contribution in [-0.4, -0.2) is 46.5 Å². The van der Waals surface area contributed by atoms with Crippen LogP contribution < -0.4 is 4.90 Å². The van der Waals surface area contributed by atoms with E-state index in [0.29, 0.717) is 13.1 Å². The highest BCUT2D eigenvalue weighted by Gasteiger charge is 2.23. The number of aryl methyl sites for hydroxylation is 2. The summed E-state index contributed by atoms with van der Waals surface area (Å²) in [7, 11) is 0. The van der Waals surface area contributed by atoms with Crippen LogP contribution in [0.2, 0.25) is 0 Å². The first kappa shape index (κ1) is 21.3. The lowest BCUT2D eigenvalue weighted by molar-refractivity contribution is 0.0746. The lowest BCUT2D eigenvalue weighted by atomic mass is 10.1. The summed E-state index contributed by atoms with van der Waals surface area (Å²) in [5, 5.41) is 1.16. The molecule has 5 rings (SSSR count). The normalized spacial score (nSPS) is 14.2. The molecule has 0 unspecified atom stereocenters. The molecule has 2 aromatic heterocycles. The molecule has 4 aromatic rings. The molecule has 0 N–H and O–H groups in total. The smallest absolute Gasteiger partial charge is 0.253 e. The Kier molecular flexibility index (Phi) is 5.63. The third-order valence-corrected chi connectivity index (χ3v) is 6.85. The predicted molar refractivity (Wildman–Crippen MR) is 134 cm³/mol. The van der Waals surface area contributed by atoms with Gasteiger partial charge in [-0.3, -0.25) is 4.79 Å². The van der Waals surface area contributed by atoms with Gasteiger partial charge in [-0.05, 0) is 62.2 Å². The van der Waals surface area contributed by atoms with Gasteiger partial charge in [0, 0.05) is 61.1 Å². The van der Waals surface area contributed by atoms with Gasteiger partial charge in [-0.1, -0.05) is 35.9 Å². The van der Waals surface area contributed by atoms with Crippen LogP contribution in [0.4, 0.5) is 5.82 Å². The molecule has 2 aromatic carbocycles. The minimum atomic E-state index is 0.112. The zero-order valence-corrected chi connectivity index (χ0v) is 19.6. The summed E-state index contributed by atoms with van der Waals surface area (Å²) in [4.78, 5) is 21.9. The van der Waals surface area contributed by atoms with Crippen LogP contribution in [0.1, 0.15) is 32.7 Å². The first-order valence-corrected chi connectivity index (χ1v) is 11.6. The molecule has 1 fully saturated rings. The largest absolute Gasteiger partial charge is 0.353 e. The fourth-order valence-corrected chi connectivity index (χ4v) is 4.84. The van der Waals surface area contributed by atoms with Crippen LogP contribution in [0, 0.1) is 20.8 Å². The highest BCUT2D eigenvalue weighted by atomic mass is 16.2. The molecule has 0 atom stereocenters. The monoisotopic (exact) mass is 438 g/mol. The molecule has 3 heterocycles. The summed E-state index contributed by atoms with van der Waals surface area (Å²) >= 11 is 0. The molecule has 33 heavy (non-hydrogen) atoms. The van der Waals surface area contributed by atoms with Crippen LogP contribution in [0.15, 0.2) is 66.9 Å². The summed E-state index contributed by atoms with van der Waals surface area (Å²) in [5.74, 6) is 1.09. The van der Waals surface area contributed by atoms with Crippen molar-refractivity contribution >= 4 is 22.6 Å². The maximum Gasteiger partial charge on any atom is 0.253 e. The van der Waals surface area contributed by atoms with E-state index < -0.39 is 0 Å². The van der Waals surface area contributed by atoms with E-state index in [9.17, 15) is 4.79 Å². The van der Waals surface area contributed by atoms with E-state index in [0.717, 1.165) is 36.4 Å². The SMILES string of the molecule is Cc1cccc(Cn2c(C)c(C)c3cc(C(=O)N4CCN(c5ccccn5)CC4)ccc32)c1. The van der Waals surface area contributed by atoms with E-state index in [1.54, 1.807) is 0 Å². The van der Waals surface area contributed by atoms with Crippen molar-refractivity contribution in [3.8, 4) is 0 Å². The highest BCUT2D eigenvalue weighted by Crippen LogP contribution is 2.28. The molecule has 1 saturated heterocycles. The van der Waals surface area contributed by atoms with Crippen LogP contribution in [-0.2, 0) is 6.54 Å². The van der Waals surface area contributed by atoms with Crippen LogP contribution >= 0.6 is 0 Å². The lowest BCUT2D eigenvalue weighted by Gasteiger charge is -2.35.